The molecular formula is C24H24F2N2O4. The molecule has 168 valence electrons. The van der Waals surface area contributed by atoms with Crippen LogP contribution in [0.2, 0.25) is 0 Å². The number of hydrogen-bond donors (Lipinski definition) is 0. The topological polar surface area (TPSA) is 60.9 Å². The Bertz CT molecular complexity index is 1040. The summed E-state index contributed by atoms with van der Waals surface area (Å²) >= 11 is 0. The van der Waals surface area contributed by atoms with Crippen LogP contribution in [0.25, 0.3) is 0 Å². The molecule has 0 aliphatic rings. The van der Waals surface area contributed by atoms with E-state index in [-0.39, 0.29) is 37.2 Å². The van der Waals surface area contributed by atoms with Gasteiger partial charge in [-0.25, -0.2) is 9.37 Å². The van der Waals surface area contributed by atoms with E-state index in [2.05, 4.69) is 4.98 Å². The van der Waals surface area contributed by atoms with Gasteiger partial charge < -0.3 is 19.1 Å². The number of carbonyl (C=O) groups excluding carboxylic acids is 1. The molecule has 6 nitrogen and oxygen atoms in total. The Morgan fingerprint density at radius 3 is 2.53 bits per heavy atom. The van der Waals surface area contributed by atoms with Crippen molar-refractivity contribution >= 4 is 11.6 Å². The molecule has 1 heterocycles. The quantitative estimate of drug-likeness (QED) is 0.398. The van der Waals surface area contributed by atoms with Crippen molar-refractivity contribution in [2.75, 3.05) is 25.3 Å². The molecule has 3 rings (SSSR count). The molecule has 0 unspecified atom stereocenters. The lowest BCUT2D eigenvalue weighted by Gasteiger charge is -2.24. The van der Waals surface area contributed by atoms with Gasteiger partial charge in [0, 0.05) is 25.1 Å². The molecule has 0 saturated heterocycles. The van der Waals surface area contributed by atoms with Gasteiger partial charge in [0.15, 0.2) is 0 Å². The third-order valence-corrected chi connectivity index (χ3v) is 4.58. The summed E-state index contributed by atoms with van der Waals surface area (Å²) in [6.07, 6.45) is 1.80. The summed E-state index contributed by atoms with van der Waals surface area (Å²) in [5.41, 5.74) is 1.11. The highest BCUT2D eigenvalue weighted by atomic mass is 19.1. The predicted molar refractivity (Wildman–Crippen MR) is 117 cm³/mol. The number of nitrogens with zero attached hydrogens (tertiary/aromatic N) is 2. The van der Waals surface area contributed by atoms with E-state index in [0.29, 0.717) is 28.5 Å². The molecule has 0 saturated carbocycles. The molecule has 0 aliphatic heterocycles. The number of ether oxygens (including phenoxy) is 3. The largest absolute Gasteiger partial charge is 0.497 e. The third-order valence-electron chi connectivity index (χ3n) is 4.58. The Morgan fingerprint density at radius 1 is 1.09 bits per heavy atom. The van der Waals surface area contributed by atoms with Crippen molar-refractivity contribution in [1.29, 1.82) is 0 Å². The van der Waals surface area contributed by atoms with Crippen molar-refractivity contribution in [3.05, 3.63) is 72.2 Å². The van der Waals surface area contributed by atoms with Gasteiger partial charge in [-0.15, -0.1) is 0 Å². The first-order chi connectivity index (χ1) is 15.5. The van der Waals surface area contributed by atoms with Gasteiger partial charge >= 0.3 is 0 Å². The highest BCUT2D eigenvalue weighted by molar-refractivity contribution is 5.92. The van der Waals surface area contributed by atoms with Crippen LogP contribution in [0.5, 0.6) is 23.1 Å². The monoisotopic (exact) mass is 442 g/mol. The summed E-state index contributed by atoms with van der Waals surface area (Å²) < 4.78 is 42.6. The Morgan fingerprint density at radius 2 is 1.84 bits per heavy atom. The molecule has 0 spiro atoms. The van der Waals surface area contributed by atoms with Crippen LogP contribution in [0.15, 0.2) is 60.8 Å². The number of benzene rings is 2. The number of hydrogen-bond acceptors (Lipinski definition) is 5. The summed E-state index contributed by atoms with van der Waals surface area (Å²) in [6, 6.07) is 14.1. The lowest BCUT2D eigenvalue weighted by molar-refractivity contribution is -0.116. The lowest BCUT2D eigenvalue weighted by atomic mass is 10.1. The van der Waals surface area contributed by atoms with Crippen molar-refractivity contribution in [3.63, 3.8) is 0 Å². The van der Waals surface area contributed by atoms with Gasteiger partial charge in [0.1, 0.15) is 28.8 Å². The van der Waals surface area contributed by atoms with E-state index >= 15 is 0 Å². The molecule has 2 aromatic carbocycles. The van der Waals surface area contributed by atoms with E-state index in [4.69, 9.17) is 14.2 Å². The van der Waals surface area contributed by atoms with Gasteiger partial charge in [-0.1, -0.05) is 0 Å². The van der Waals surface area contributed by atoms with Gasteiger partial charge in [0.05, 0.1) is 26.9 Å². The number of carbonyl (C=O) groups is 1. The van der Waals surface area contributed by atoms with E-state index in [1.54, 1.807) is 37.4 Å². The normalized spacial score (nSPS) is 10.5. The molecule has 0 fully saturated rings. The zero-order valence-corrected chi connectivity index (χ0v) is 17.9. The zero-order chi connectivity index (χ0) is 22.9. The zero-order valence-electron chi connectivity index (χ0n) is 17.9. The Labute approximate surface area is 185 Å². The Hall–Kier alpha value is -3.68. The lowest BCUT2D eigenvalue weighted by Crippen LogP contribution is -2.28. The van der Waals surface area contributed by atoms with Crippen LogP contribution in [-0.2, 0) is 11.3 Å². The highest BCUT2D eigenvalue weighted by Gasteiger charge is 2.20. The summed E-state index contributed by atoms with van der Waals surface area (Å²) in [6.45, 7) is 1.30. The fourth-order valence-electron chi connectivity index (χ4n) is 3.00. The average Bonchev–Trinajstić information content (AvgIpc) is 2.80. The second-order valence-corrected chi connectivity index (χ2v) is 6.85. The highest BCUT2D eigenvalue weighted by Crippen LogP contribution is 2.33. The maximum absolute atomic E-state index is 13.2. The van der Waals surface area contributed by atoms with Crippen LogP contribution in [0.4, 0.5) is 14.5 Å². The molecule has 3 aromatic rings. The molecule has 0 atom stereocenters. The second kappa shape index (κ2) is 11.1. The number of methoxy groups -OCH3 is 1. The van der Waals surface area contributed by atoms with Crippen LogP contribution in [0.3, 0.4) is 0 Å². The summed E-state index contributed by atoms with van der Waals surface area (Å²) in [5.74, 6) is 1.05. The minimum Gasteiger partial charge on any atom is -0.497 e. The van der Waals surface area contributed by atoms with Gasteiger partial charge in [-0.05, 0) is 54.6 Å². The molecular weight excluding hydrogens is 418 g/mol. The maximum atomic E-state index is 13.2. The van der Waals surface area contributed by atoms with Gasteiger partial charge in [0.25, 0.3) is 0 Å². The minimum absolute atomic E-state index is 0.142. The summed E-state index contributed by atoms with van der Waals surface area (Å²) in [5, 5.41) is 0. The first kappa shape index (κ1) is 23.0. The van der Waals surface area contributed by atoms with Crippen LogP contribution in [0, 0.1) is 5.82 Å². The first-order valence-electron chi connectivity index (χ1n) is 10.0. The van der Waals surface area contributed by atoms with Crippen molar-refractivity contribution < 1.29 is 27.8 Å². The van der Waals surface area contributed by atoms with Crippen LogP contribution < -0.4 is 19.1 Å². The van der Waals surface area contributed by atoms with Crippen LogP contribution in [-0.4, -0.2) is 31.3 Å². The number of alkyl halides is 1. The van der Waals surface area contributed by atoms with Crippen molar-refractivity contribution in [2.24, 2.45) is 0 Å². The van der Waals surface area contributed by atoms with Crippen molar-refractivity contribution in [2.45, 2.75) is 19.9 Å². The smallest absolute Gasteiger partial charge is 0.243 e. The average molecular weight is 442 g/mol. The number of halogens is 2. The molecule has 0 N–H and O–H groups in total. The Balaban J connectivity index is 1.93. The van der Waals surface area contributed by atoms with E-state index < -0.39 is 6.67 Å². The third kappa shape index (κ3) is 5.94. The summed E-state index contributed by atoms with van der Waals surface area (Å²) in [7, 11) is 1.54. The SMILES string of the molecule is COc1ccc(OCCCF)c(CN(C(C)=O)c2cccnc2Oc2ccc(F)cc2)c1. The minimum atomic E-state index is -0.481. The van der Waals surface area contributed by atoms with Crippen LogP contribution in [0.1, 0.15) is 18.9 Å². The molecule has 0 radical (unpaired) electrons. The number of amides is 1. The van der Waals surface area contributed by atoms with Crippen molar-refractivity contribution in [3.8, 4) is 23.1 Å². The van der Waals surface area contributed by atoms with Gasteiger partial charge in [-0.3, -0.25) is 9.18 Å². The fourth-order valence-corrected chi connectivity index (χ4v) is 3.00. The standard InChI is InChI=1S/C24H24F2N2O4/c1-17(29)28(16-18-15-21(30-2)10-11-23(18)31-14-4-12-25)22-5-3-13-27-24(22)32-20-8-6-19(26)7-9-20/h3,5-11,13,15H,4,12,14,16H2,1-2H3. The number of anilines is 1. The Kier molecular flexibility index (Phi) is 7.96. The van der Waals surface area contributed by atoms with E-state index in [0.717, 1.165) is 0 Å². The number of pyridine rings is 1. The molecule has 0 aliphatic carbocycles. The number of aromatic nitrogens is 1. The molecule has 0 bridgehead atoms. The van der Waals surface area contributed by atoms with E-state index in [1.807, 2.05) is 0 Å². The fraction of sp³-hybridized carbons (Fsp3) is 0.250. The predicted octanol–water partition coefficient (Wildman–Crippen LogP) is 5.31. The molecule has 1 amide bonds. The van der Waals surface area contributed by atoms with Crippen LogP contribution >= 0.6 is 0 Å². The summed E-state index contributed by atoms with van der Waals surface area (Å²) in [4.78, 5) is 18.3. The van der Waals surface area contributed by atoms with Gasteiger partial charge in [-0.2, -0.15) is 0 Å². The van der Waals surface area contributed by atoms with Gasteiger partial charge in [0.2, 0.25) is 11.8 Å². The van der Waals surface area contributed by atoms with Crippen molar-refractivity contribution in [1.82, 2.24) is 4.98 Å². The van der Waals surface area contributed by atoms with E-state index in [1.165, 1.54) is 42.3 Å². The number of rotatable bonds is 10. The molecule has 1 aromatic heterocycles. The first-order valence-corrected chi connectivity index (χ1v) is 10.0. The molecule has 8 heteroatoms. The second-order valence-electron chi connectivity index (χ2n) is 6.85. The van der Waals surface area contributed by atoms with E-state index in [9.17, 15) is 13.6 Å². The maximum Gasteiger partial charge on any atom is 0.243 e. The molecule has 32 heavy (non-hydrogen) atoms.